The second-order valence-electron chi connectivity index (χ2n) is 6.62. The van der Waals surface area contributed by atoms with Crippen LogP contribution in [0.1, 0.15) is 19.8 Å². The summed E-state index contributed by atoms with van der Waals surface area (Å²) in [6.07, 6.45) is 2.60. The monoisotopic (exact) mass is 420 g/mol. The summed E-state index contributed by atoms with van der Waals surface area (Å²) in [5.74, 6) is 0.508. The summed E-state index contributed by atoms with van der Waals surface area (Å²) in [6, 6.07) is 3.55. The fourth-order valence-corrected chi connectivity index (χ4v) is 4.61. The lowest BCUT2D eigenvalue weighted by atomic mass is 10.0. The van der Waals surface area contributed by atoms with E-state index < -0.39 is 25.0 Å². The maximum absolute atomic E-state index is 12.2. The number of benzene rings is 1. The first-order valence-electron chi connectivity index (χ1n) is 8.48. The van der Waals surface area contributed by atoms with Crippen molar-refractivity contribution in [3.63, 3.8) is 0 Å². The molecule has 0 aromatic heterocycles. The Morgan fingerprint density at radius 1 is 1.19 bits per heavy atom. The van der Waals surface area contributed by atoms with Gasteiger partial charge in [0.15, 0.2) is 9.84 Å². The molecule has 1 heterocycles. The molecule has 1 saturated heterocycles. The average molecular weight is 421 g/mol. The Hall–Kier alpha value is -1.76. The molecule has 152 valence electrons. The van der Waals surface area contributed by atoms with Crippen molar-refractivity contribution in [1.82, 2.24) is 9.03 Å². The zero-order valence-corrected chi connectivity index (χ0v) is 16.8. The number of nitrogens with one attached hydrogen (secondary N) is 2. The van der Waals surface area contributed by atoms with E-state index >= 15 is 0 Å². The van der Waals surface area contributed by atoms with Crippen LogP contribution in [-0.4, -0.2) is 58.5 Å². The molecule has 0 bridgehead atoms. The summed E-state index contributed by atoms with van der Waals surface area (Å²) in [4.78, 5) is 10.3. The highest BCUT2D eigenvalue weighted by molar-refractivity contribution is 7.90. The molecule has 0 unspecified atom stereocenters. The maximum Gasteiger partial charge on any atom is 0.293 e. The highest BCUT2D eigenvalue weighted by Gasteiger charge is 2.26. The SMILES string of the molecule is CC1CCN(S(=O)(=O)NCCNc2ccc(S(C)(=O)=O)cc2[N+](=O)[O-])CC1. The highest BCUT2D eigenvalue weighted by atomic mass is 32.2. The smallest absolute Gasteiger partial charge is 0.293 e. The summed E-state index contributed by atoms with van der Waals surface area (Å²) in [6.45, 7) is 3.19. The van der Waals surface area contributed by atoms with Gasteiger partial charge in [-0.05, 0) is 30.9 Å². The largest absolute Gasteiger partial charge is 0.378 e. The molecule has 0 saturated carbocycles. The lowest BCUT2D eigenvalue weighted by molar-refractivity contribution is -0.384. The van der Waals surface area contributed by atoms with Crippen molar-refractivity contribution in [1.29, 1.82) is 0 Å². The lowest BCUT2D eigenvalue weighted by Crippen LogP contribution is -2.45. The number of anilines is 1. The van der Waals surface area contributed by atoms with Crippen LogP contribution in [0, 0.1) is 16.0 Å². The molecule has 0 amide bonds. The van der Waals surface area contributed by atoms with Gasteiger partial charge in [-0.2, -0.15) is 12.7 Å². The van der Waals surface area contributed by atoms with E-state index in [9.17, 15) is 26.9 Å². The van der Waals surface area contributed by atoms with Crippen LogP contribution in [0.15, 0.2) is 23.1 Å². The van der Waals surface area contributed by atoms with Crippen molar-refractivity contribution in [2.75, 3.05) is 37.8 Å². The quantitative estimate of drug-likeness (QED) is 0.363. The zero-order valence-electron chi connectivity index (χ0n) is 15.2. The summed E-state index contributed by atoms with van der Waals surface area (Å²) in [5.41, 5.74) is -0.260. The van der Waals surface area contributed by atoms with Gasteiger partial charge < -0.3 is 5.32 Å². The van der Waals surface area contributed by atoms with Crippen LogP contribution in [0.2, 0.25) is 0 Å². The molecule has 0 atom stereocenters. The number of rotatable bonds is 8. The second kappa shape index (κ2) is 8.50. The Morgan fingerprint density at radius 3 is 2.37 bits per heavy atom. The minimum Gasteiger partial charge on any atom is -0.378 e. The number of sulfone groups is 1. The molecule has 0 radical (unpaired) electrons. The van der Waals surface area contributed by atoms with Crippen molar-refractivity contribution >= 4 is 31.4 Å². The third-order valence-corrected chi connectivity index (χ3v) is 7.13. The first-order valence-corrected chi connectivity index (χ1v) is 11.8. The molecule has 1 aliphatic rings. The van der Waals surface area contributed by atoms with Crippen molar-refractivity contribution in [2.45, 2.75) is 24.7 Å². The van der Waals surface area contributed by atoms with Crippen LogP contribution in [0.25, 0.3) is 0 Å². The first kappa shape index (κ1) is 21.5. The van der Waals surface area contributed by atoms with Gasteiger partial charge in [0, 0.05) is 38.5 Å². The van der Waals surface area contributed by atoms with Crippen molar-refractivity contribution in [3.05, 3.63) is 28.3 Å². The molecule has 1 aliphatic heterocycles. The van der Waals surface area contributed by atoms with Crippen LogP contribution in [0.3, 0.4) is 0 Å². The van der Waals surface area contributed by atoms with Gasteiger partial charge in [0.05, 0.1) is 9.82 Å². The van der Waals surface area contributed by atoms with E-state index in [1.165, 1.54) is 16.4 Å². The maximum atomic E-state index is 12.2. The minimum absolute atomic E-state index is 0.0410. The Balaban J connectivity index is 1.96. The summed E-state index contributed by atoms with van der Waals surface area (Å²) < 4.78 is 51.4. The van der Waals surface area contributed by atoms with Gasteiger partial charge in [0.1, 0.15) is 5.69 Å². The van der Waals surface area contributed by atoms with Gasteiger partial charge >= 0.3 is 0 Å². The fraction of sp³-hybridized carbons (Fsp3) is 0.600. The summed E-state index contributed by atoms with van der Waals surface area (Å²) >= 11 is 0. The molecular formula is C15H24N4O6S2. The Kier molecular flexibility index (Phi) is 6.78. The number of nitro benzene ring substituents is 1. The lowest BCUT2D eigenvalue weighted by Gasteiger charge is -2.29. The normalized spacial score (nSPS) is 17.0. The van der Waals surface area contributed by atoms with Crippen LogP contribution < -0.4 is 10.0 Å². The number of hydrogen-bond donors (Lipinski definition) is 2. The summed E-state index contributed by atoms with van der Waals surface area (Å²) in [7, 11) is -7.15. The van der Waals surface area contributed by atoms with Gasteiger partial charge in [-0.25, -0.2) is 13.1 Å². The molecule has 2 N–H and O–H groups in total. The number of piperidine rings is 1. The predicted molar refractivity (Wildman–Crippen MR) is 102 cm³/mol. The van der Waals surface area contributed by atoms with Crippen molar-refractivity contribution in [2.24, 2.45) is 5.92 Å². The molecule has 10 nitrogen and oxygen atoms in total. The molecule has 0 aliphatic carbocycles. The average Bonchev–Trinajstić information content (AvgIpc) is 2.58. The second-order valence-corrected chi connectivity index (χ2v) is 10.4. The molecule has 0 spiro atoms. The molecular weight excluding hydrogens is 396 g/mol. The summed E-state index contributed by atoms with van der Waals surface area (Å²) in [5, 5.41) is 14.0. The van der Waals surface area contributed by atoms with Gasteiger partial charge in [0.25, 0.3) is 15.9 Å². The van der Waals surface area contributed by atoms with E-state index in [1.807, 2.05) is 0 Å². The van der Waals surface area contributed by atoms with Gasteiger partial charge in [-0.15, -0.1) is 0 Å². The first-order chi connectivity index (χ1) is 12.5. The standard InChI is InChI=1S/C15H24N4O6S2/c1-12-5-9-18(10-6-12)27(24,25)17-8-7-16-14-4-3-13(26(2,22)23)11-15(14)19(20)21/h3-4,11-12,16-17H,5-10H2,1-2H3. The van der Waals surface area contributed by atoms with E-state index in [1.54, 1.807) is 0 Å². The van der Waals surface area contributed by atoms with Crippen LogP contribution in [0.4, 0.5) is 11.4 Å². The van der Waals surface area contributed by atoms with Crippen LogP contribution >= 0.6 is 0 Å². The predicted octanol–water partition coefficient (Wildman–Crippen LogP) is 0.977. The van der Waals surface area contributed by atoms with Crippen LogP contribution in [0.5, 0.6) is 0 Å². The van der Waals surface area contributed by atoms with Crippen molar-refractivity contribution in [3.8, 4) is 0 Å². The highest BCUT2D eigenvalue weighted by Crippen LogP contribution is 2.27. The molecule has 1 aromatic rings. The number of hydrogen-bond acceptors (Lipinski definition) is 7. The third-order valence-electron chi connectivity index (χ3n) is 4.40. The van der Waals surface area contributed by atoms with E-state index in [4.69, 9.17) is 0 Å². The third kappa shape index (κ3) is 5.86. The molecule has 27 heavy (non-hydrogen) atoms. The van der Waals surface area contributed by atoms with Gasteiger partial charge in [-0.1, -0.05) is 6.92 Å². The Labute approximate surface area is 159 Å². The van der Waals surface area contributed by atoms with Crippen LogP contribution in [-0.2, 0) is 20.0 Å². The van der Waals surface area contributed by atoms with E-state index in [0.717, 1.165) is 25.2 Å². The molecule has 2 rings (SSSR count). The van der Waals surface area contributed by atoms with Crippen molar-refractivity contribution < 1.29 is 21.8 Å². The Morgan fingerprint density at radius 2 is 1.81 bits per heavy atom. The fourth-order valence-electron chi connectivity index (χ4n) is 2.74. The number of nitrogens with zero attached hydrogens (tertiary/aromatic N) is 2. The molecule has 1 fully saturated rings. The van der Waals surface area contributed by atoms with E-state index in [0.29, 0.717) is 19.0 Å². The van der Waals surface area contributed by atoms with Gasteiger partial charge in [-0.3, -0.25) is 10.1 Å². The topological polar surface area (TPSA) is 139 Å². The molecule has 1 aromatic carbocycles. The molecule has 12 heteroatoms. The Bertz CT molecular complexity index is 893. The van der Waals surface area contributed by atoms with Gasteiger partial charge in [0.2, 0.25) is 0 Å². The van der Waals surface area contributed by atoms with E-state index in [2.05, 4.69) is 17.0 Å². The zero-order chi connectivity index (χ0) is 20.2. The number of nitro groups is 1. The minimum atomic E-state index is -3.58. The van der Waals surface area contributed by atoms with E-state index in [-0.39, 0.29) is 29.4 Å².